The van der Waals surface area contributed by atoms with Gasteiger partial charge in [0.05, 0.1) is 26.8 Å². The first kappa shape index (κ1) is 21.2. The van der Waals surface area contributed by atoms with E-state index in [9.17, 15) is 4.79 Å². The normalized spacial score (nSPS) is 10.8. The van der Waals surface area contributed by atoms with Crippen molar-refractivity contribution < 1.29 is 4.79 Å². The lowest BCUT2D eigenvalue weighted by molar-refractivity contribution is 0.100. The standard InChI is InChI=1S/C28H18Cl2N2O/c29-24-16-15-19(17-25(24)30)27-18-23(22-13-7-8-14-26(22)31-27)28(33)32(20-9-3-1-4-10-20)21-11-5-2-6-12-21/h1-18H. The molecule has 0 radical (unpaired) electrons. The maximum absolute atomic E-state index is 14.1. The molecule has 33 heavy (non-hydrogen) atoms. The van der Waals surface area contributed by atoms with Gasteiger partial charge >= 0.3 is 0 Å². The highest BCUT2D eigenvalue weighted by Gasteiger charge is 2.23. The highest BCUT2D eigenvalue weighted by molar-refractivity contribution is 6.42. The van der Waals surface area contributed by atoms with Gasteiger partial charge < -0.3 is 0 Å². The number of carbonyl (C=O) groups excluding carboxylic acids is 1. The van der Waals surface area contributed by atoms with Gasteiger partial charge in [0.2, 0.25) is 0 Å². The van der Waals surface area contributed by atoms with E-state index in [0.29, 0.717) is 21.3 Å². The molecule has 0 bridgehead atoms. The Morgan fingerprint density at radius 2 is 1.27 bits per heavy atom. The first-order valence-corrected chi connectivity index (χ1v) is 11.2. The zero-order valence-corrected chi connectivity index (χ0v) is 19.0. The second kappa shape index (κ2) is 9.07. The van der Waals surface area contributed by atoms with Gasteiger partial charge in [0, 0.05) is 22.3 Å². The van der Waals surface area contributed by atoms with E-state index < -0.39 is 0 Å². The summed E-state index contributed by atoms with van der Waals surface area (Å²) in [6.45, 7) is 0. The van der Waals surface area contributed by atoms with Crippen LogP contribution in [-0.2, 0) is 0 Å². The number of hydrogen-bond donors (Lipinski definition) is 0. The van der Waals surface area contributed by atoms with Crippen molar-refractivity contribution in [2.75, 3.05) is 4.90 Å². The summed E-state index contributed by atoms with van der Waals surface area (Å²) in [7, 11) is 0. The number of para-hydroxylation sites is 3. The van der Waals surface area contributed by atoms with Gasteiger partial charge in [0.15, 0.2) is 0 Å². The Hall–Kier alpha value is -3.66. The van der Waals surface area contributed by atoms with Crippen LogP contribution < -0.4 is 4.90 Å². The maximum atomic E-state index is 14.1. The maximum Gasteiger partial charge on any atom is 0.263 e. The zero-order chi connectivity index (χ0) is 22.8. The van der Waals surface area contributed by atoms with Crippen LogP contribution in [0.3, 0.4) is 0 Å². The molecule has 1 heterocycles. The summed E-state index contributed by atoms with van der Waals surface area (Å²) in [5.41, 5.74) is 4.28. The Morgan fingerprint density at radius 1 is 0.667 bits per heavy atom. The summed E-state index contributed by atoms with van der Waals surface area (Å²) >= 11 is 12.4. The van der Waals surface area contributed by atoms with Gasteiger partial charge in [-0.05, 0) is 48.5 Å². The lowest BCUT2D eigenvalue weighted by Gasteiger charge is -2.24. The topological polar surface area (TPSA) is 33.2 Å². The van der Waals surface area contributed by atoms with Crippen molar-refractivity contribution >= 4 is 51.4 Å². The van der Waals surface area contributed by atoms with E-state index in [0.717, 1.165) is 27.8 Å². The molecule has 160 valence electrons. The van der Waals surface area contributed by atoms with Crippen molar-refractivity contribution in [1.82, 2.24) is 4.98 Å². The molecule has 5 heteroatoms. The average Bonchev–Trinajstić information content (AvgIpc) is 2.86. The van der Waals surface area contributed by atoms with Gasteiger partial charge in [-0.1, -0.05) is 83.9 Å². The SMILES string of the molecule is O=C(c1cc(-c2ccc(Cl)c(Cl)c2)nc2ccccc12)N(c1ccccc1)c1ccccc1. The second-order valence-electron chi connectivity index (χ2n) is 7.51. The third-order valence-corrected chi connectivity index (χ3v) is 6.13. The molecule has 5 rings (SSSR count). The highest BCUT2D eigenvalue weighted by atomic mass is 35.5. The third kappa shape index (κ3) is 4.21. The van der Waals surface area contributed by atoms with Crippen LogP contribution in [0.25, 0.3) is 22.2 Å². The van der Waals surface area contributed by atoms with Crippen LogP contribution in [0.1, 0.15) is 10.4 Å². The Bertz CT molecular complexity index is 1410. The molecule has 0 unspecified atom stereocenters. The third-order valence-electron chi connectivity index (χ3n) is 5.39. The van der Waals surface area contributed by atoms with Crippen LogP contribution in [-0.4, -0.2) is 10.9 Å². The van der Waals surface area contributed by atoms with Crippen molar-refractivity contribution in [2.24, 2.45) is 0 Å². The van der Waals surface area contributed by atoms with Crippen molar-refractivity contribution in [3.8, 4) is 11.3 Å². The molecule has 0 fully saturated rings. The van der Waals surface area contributed by atoms with E-state index in [-0.39, 0.29) is 5.91 Å². The van der Waals surface area contributed by atoms with Crippen LogP contribution in [0.15, 0.2) is 109 Å². The summed E-state index contributed by atoms with van der Waals surface area (Å²) in [4.78, 5) is 20.6. The Balaban J connectivity index is 1.72. The number of fused-ring (bicyclic) bond motifs is 1. The minimum atomic E-state index is -0.146. The van der Waals surface area contributed by atoms with E-state index in [1.165, 1.54) is 0 Å². The van der Waals surface area contributed by atoms with E-state index in [4.69, 9.17) is 28.2 Å². The predicted molar refractivity (Wildman–Crippen MR) is 137 cm³/mol. The molecule has 5 aromatic rings. The quantitative estimate of drug-likeness (QED) is 0.266. The predicted octanol–water partition coefficient (Wildman–Crippen LogP) is 8.19. The number of hydrogen-bond acceptors (Lipinski definition) is 2. The first-order valence-electron chi connectivity index (χ1n) is 10.4. The van der Waals surface area contributed by atoms with Gasteiger partial charge in [-0.3, -0.25) is 9.69 Å². The fourth-order valence-corrected chi connectivity index (χ4v) is 4.11. The Kier molecular flexibility index (Phi) is 5.82. The number of pyridine rings is 1. The highest BCUT2D eigenvalue weighted by Crippen LogP contribution is 2.33. The number of halogens is 2. The lowest BCUT2D eigenvalue weighted by atomic mass is 10.0. The molecule has 0 aliphatic rings. The molecule has 1 aromatic heterocycles. The smallest absolute Gasteiger partial charge is 0.263 e. The van der Waals surface area contributed by atoms with E-state index in [1.54, 1.807) is 17.0 Å². The van der Waals surface area contributed by atoms with Crippen molar-refractivity contribution in [2.45, 2.75) is 0 Å². The van der Waals surface area contributed by atoms with Crippen molar-refractivity contribution in [1.29, 1.82) is 0 Å². The molecule has 0 atom stereocenters. The zero-order valence-electron chi connectivity index (χ0n) is 17.5. The molecular weight excluding hydrogens is 451 g/mol. The van der Waals surface area contributed by atoms with Crippen LogP contribution in [0.5, 0.6) is 0 Å². The first-order chi connectivity index (χ1) is 16.1. The number of rotatable bonds is 4. The van der Waals surface area contributed by atoms with Crippen LogP contribution in [0.4, 0.5) is 11.4 Å². The Morgan fingerprint density at radius 3 is 1.91 bits per heavy atom. The van der Waals surface area contributed by atoms with Crippen molar-refractivity contribution in [3.63, 3.8) is 0 Å². The number of anilines is 2. The molecule has 0 aliphatic heterocycles. The summed E-state index contributed by atoms with van der Waals surface area (Å²) in [5.74, 6) is -0.146. The molecule has 1 amide bonds. The minimum Gasteiger partial charge on any atom is -0.277 e. The second-order valence-corrected chi connectivity index (χ2v) is 8.33. The number of nitrogens with zero attached hydrogens (tertiary/aromatic N) is 2. The number of benzene rings is 4. The van der Waals surface area contributed by atoms with Gasteiger partial charge in [0.1, 0.15) is 0 Å². The van der Waals surface area contributed by atoms with Crippen LogP contribution >= 0.6 is 23.2 Å². The minimum absolute atomic E-state index is 0.146. The largest absolute Gasteiger partial charge is 0.277 e. The molecule has 0 spiro atoms. The van der Waals surface area contributed by atoms with Gasteiger partial charge in [-0.15, -0.1) is 0 Å². The van der Waals surface area contributed by atoms with E-state index in [2.05, 4.69) is 0 Å². The number of aromatic nitrogens is 1. The summed E-state index contributed by atoms with van der Waals surface area (Å²) < 4.78 is 0. The number of carbonyl (C=O) groups is 1. The van der Waals surface area contributed by atoms with Crippen molar-refractivity contribution in [3.05, 3.63) is 125 Å². The lowest BCUT2D eigenvalue weighted by Crippen LogP contribution is -2.26. The molecule has 0 aliphatic carbocycles. The van der Waals surface area contributed by atoms with E-state index >= 15 is 0 Å². The van der Waals surface area contributed by atoms with Gasteiger partial charge in [-0.25, -0.2) is 4.98 Å². The monoisotopic (exact) mass is 468 g/mol. The molecule has 0 N–H and O–H groups in total. The number of amides is 1. The summed E-state index contributed by atoms with van der Waals surface area (Å²) in [6, 6.07) is 34.1. The van der Waals surface area contributed by atoms with Gasteiger partial charge in [-0.2, -0.15) is 0 Å². The Labute approximate surface area is 201 Å². The van der Waals surface area contributed by atoms with E-state index in [1.807, 2.05) is 97.1 Å². The molecule has 0 saturated heterocycles. The summed E-state index contributed by atoms with van der Waals surface area (Å²) in [6.07, 6.45) is 0. The fraction of sp³-hybridized carbons (Fsp3) is 0. The van der Waals surface area contributed by atoms with Crippen LogP contribution in [0, 0.1) is 0 Å². The van der Waals surface area contributed by atoms with Crippen LogP contribution in [0.2, 0.25) is 10.0 Å². The molecule has 4 aromatic carbocycles. The average molecular weight is 469 g/mol. The molecule has 0 saturated carbocycles. The molecule has 3 nitrogen and oxygen atoms in total. The van der Waals surface area contributed by atoms with Gasteiger partial charge in [0.25, 0.3) is 5.91 Å². The molecular formula is C28H18Cl2N2O. The fourth-order valence-electron chi connectivity index (χ4n) is 3.81. The summed E-state index contributed by atoms with van der Waals surface area (Å²) in [5, 5.41) is 1.69.